The van der Waals surface area contributed by atoms with Crippen molar-refractivity contribution < 1.29 is 22.7 Å². The van der Waals surface area contributed by atoms with Crippen LogP contribution in [0.3, 0.4) is 0 Å². The number of piperazine rings is 1. The average molecular weight is 539 g/mol. The molecule has 1 unspecified atom stereocenters. The molecule has 5 rings (SSSR count). The van der Waals surface area contributed by atoms with Gasteiger partial charge in [0.25, 0.3) is 10.0 Å². The number of fused-ring (bicyclic) bond motifs is 1. The van der Waals surface area contributed by atoms with E-state index in [1.807, 2.05) is 18.9 Å². The molecule has 38 heavy (non-hydrogen) atoms. The van der Waals surface area contributed by atoms with Crippen LogP contribution in [0.15, 0.2) is 76.8 Å². The van der Waals surface area contributed by atoms with E-state index in [2.05, 4.69) is 4.90 Å². The van der Waals surface area contributed by atoms with Crippen LogP contribution in [-0.4, -0.2) is 59.6 Å². The van der Waals surface area contributed by atoms with Gasteiger partial charge in [0.15, 0.2) is 0 Å². The highest BCUT2D eigenvalue weighted by molar-refractivity contribution is 7.90. The Balaban J connectivity index is 1.50. The molecule has 1 aliphatic heterocycles. The summed E-state index contributed by atoms with van der Waals surface area (Å²) in [5.74, 6) is -1.97. The third kappa shape index (κ3) is 4.37. The fourth-order valence-electron chi connectivity index (χ4n) is 4.96. The van der Waals surface area contributed by atoms with E-state index in [1.165, 1.54) is 16.4 Å². The summed E-state index contributed by atoms with van der Waals surface area (Å²) in [6, 6.07) is 12.4. The van der Waals surface area contributed by atoms with E-state index in [0.717, 1.165) is 11.6 Å². The number of carboxylic acids is 1. The van der Waals surface area contributed by atoms with Crippen LogP contribution in [0.5, 0.6) is 0 Å². The van der Waals surface area contributed by atoms with Gasteiger partial charge in [-0.05, 0) is 49.9 Å². The first-order valence-electron chi connectivity index (χ1n) is 12.2. The number of hydrogen-bond donors (Lipinski definition) is 1. The highest BCUT2D eigenvalue weighted by Crippen LogP contribution is 2.32. The van der Waals surface area contributed by atoms with E-state index in [1.54, 1.807) is 53.2 Å². The maximum atomic E-state index is 15.4. The average Bonchev–Trinajstić information content (AvgIpc) is 3.41. The smallest absolute Gasteiger partial charge is 0.341 e. The molecule has 2 aromatic carbocycles. The molecule has 1 fully saturated rings. The molecule has 1 aliphatic rings. The number of hydrogen-bond acceptors (Lipinski definition) is 6. The van der Waals surface area contributed by atoms with Gasteiger partial charge in [-0.25, -0.2) is 21.6 Å². The second-order valence-corrected chi connectivity index (χ2v) is 11.2. The molecule has 0 aliphatic carbocycles. The number of aromatic carboxylic acids is 1. The normalized spacial score (nSPS) is 16.7. The lowest BCUT2D eigenvalue weighted by Crippen LogP contribution is -2.47. The Morgan fingerprint density at radius 2 is 1.84 bits per heavy atom. The lowest BCUT2D eigenvalue weighted by Gasteiger charge is -2.40. The number of pyridine rings is 1. The van der Waals surface area contributed by atoms with E-state index in [0.29, 0.717) is 37.4 Å². The zero-order chi connectivity index (χ0) is 27.2. The Labute approximate surface area is 219 Å². The van der Waals surface area contributed by atoms with Crippen molar-refractivity contribution in [1.29, 1.82) is 0 Å². The Bertz CT molecular complexity index is 1700. The molecular formula is C27H27FN4O5S. The molecule has 198 valence electrons. The van der Waals surface area contributed by atoms with E-state index >= 15 is 4.39 Å². The van der Waals surface area contributed by atoms with Crippen molar-refractivity contribution in [1.82, 2.24) is 13.4 Å². The van der Waals surface area contributed by atoms with E-state index in [9.17, 15) is 23.1 Å². The lowest BCUT2D eigenvalue weighted by atomic mass is 10.0. The molecule has 1 N–H and O–H groups in total. The van der Waals surface area contributed by atoms with Crippen molar-refractivity contribution in [2.24, 2.45) is 0 Å². The fourth-order valence-corrected chi connectivity index (χ4v) is 6.19. The second-order valence-electron chi connectivity index (χ2n) is 9.32. The van der Waals surface area contributed by atoms with Crippen molar-refractivity contribution in [3.8, 4) is 0 Å². The van der Waals surface area contributed by atoms with Gasteiger partial charge in [0.2, 0.25) is 5.43 Å². The summed E-state index contributed by atoms with van der Waals surface area (Å²) in [6.07, 6.45) is 4.39. The Morgan fingerprint density at radius 1 is 1.11 bits per heavy atom. The van der Waals surface area contributed by atoms with Crippen molar-refractivity contribution >= 4 is 32.6 Å². The van der Waals surface area contributed by atoms with Crippen molar-refractivity contribution in [2.45, 2.75) is 24.4 Å². The van der Waals surface area contributed by atoms with Crippen LogP contribution in [0, 0.1) is 5.82 Å². The van der Waals surface area contributed by atoms with Crippen molar-refractivity contribution in [3.63, 3.8) is 0 Å². The highest BCUT2D eigenvalue weighted by Gasteiger charge is 2.29. The van der Waals surface area contributed by atoms with Gasteiger partial charge >= 0.3 is 5.97 Å². The van der Waals surface area contributed by atoms with Gasteiger partial charge in [0.1, 0.15) is 11.4 Å². The fraction of sp³-hybridized carbons (Fsp3) is 0.259. The number of anilines is 1. The number of aromatic nitrogens is 2. The van der Waals surface area contributed by atoms with Gasteiger partial charge in [0.05, 0.1) is 22.1 Å². The number of benzene rings is 2. The maximum Gasteiger partial charge on any atom is 0.341 e. The van der Waals surface area contributed by atoms with Crippen molar-refractivity contribution in [3.05, 3.63) is 94.3 Å². The second kappa shape index (κ2) is 9.73. The Morgan fingerprint density at radius 3 is 2.53 bits per heavy atom. The molecular weight excluding hydrogens is 511 g/mol. The van der Waals surface area contributed by atoms with E-state index < -0.39 is 32.8 Å². The minimum absolute atomic E-state index is 0.0156. The molecule has 9 nitrogen and oxygen atoms in total. The molecule has 0 saturated carbocycles. The van der Waals surface area contributed by atoms with Crippen LogP contribution < -0.4 is 10.3 Å². The number of halogens is 1. The molecule has 0 radical (unpaired) electrons. The summed E-state index contributed by atoms with van der Waals surface area (Å²) in [5.41, 5.74) is 0.404. The number of carbonyl (C=O) groups is 1. The highest BCUT2D eigenvalue weighted by atomic mass is 32.2. The number of rotatable bonds is 6. The number of aryl methyl sites for hydroxylation is 1. The zero-order valence-electron chi connectivity index (χ0n) is 20.9. The first kappa shape index (κ1) is 25.7. The molecule has 3 heterocycles. The van der Waals surface area contributed by atoms with Crippen LogP contribution >= 0.6 is 0 Å². The van der Waals surface area contributed by atoms with E-state index in [-0.39, 0.29) is 16.3 Å². The van der Waals surface area contributed by atoms with E-state index in [4.69, 9.17) is 0 Å². The minimum Gasteiger partial charge on any atom is -0.477 e. The summed E-state index contributed by atoms with van der Waals surface area (Å²) in [5, 5.41) is 9.41. The summed E-state index contributed by atoms with van der Waals surface area (Å²) in [7, 11) is -1.81. The number of likely N-dealkylation sites (N-methyl/N-ethyl adjacent to an activating group) is 1. The number of carboxylic acid groups (broad SMARTS) is 1. The largest absolute Gasteiger partial charge is 0.477 e. The number of nitrogens with zero attached hydrogens (tertiary/aromatic N) is 4. The topological polar surface area (TPSA) is 105 Å². The summed E-state index contributed by atoms with van der Waals surface area (Å²) < 4.78 is 44.3. The Kier molecular flexibility index (Phi) is 6.58. The first-order chi connectivity index (χ1) is 18.1. The predicted octanol–water partition coefficient (Wildman–Crippen LogP) is 3.39. The van der Waals surface area contributed by atoms with Crippen LogP contribution in [0.25, 0.3) is 10.9 Å². The molecule has 1 atom stereocenters. The quantitative estimate of drug-likeness (QED) is 0.401. The summed E-state index contributed by atoms with van der Waals surface area (Å²) >= 11 is 0. The monoisotopic (exact) mass is 538 g/mol. The zero-order valence-corrected chi connectivity index (χ0v) is 21.7. The van der Waals surface area contributed by atoms with Crippen LogP contribution in [0.2, 0.25) is 0 Å². The first-order valence-corrected chi connectivity index (χ1v) is 13.6. The van der Waals surface area contributed by atoms with Crippen LogP contribution in [0.4, 0.5) is 10.1 Å². The Hall–Kier alpha value is -3.96. The third-order valence-electron chi connectivity index (χ3n) is 7.10. The maximum absolute atomic E-state index is 15.4. The molecule has 0 bridgehead atoms. The molecule has 2 aromatic heterocycles. The molecule has 1 saturated heterocycles. The third-order valence-corrected chi connectivity index (χ3v) is 8.75. The van der Waals surface area contributed by atoms with Gasteiger partial charge in [-0.2, -0.15) is 0 Å². The van der Waals surface area contributed by atoms with Crippen LogP contribution in [-0.2, 0) is 16.6 Å². The van der Waals surface area contributed by atoms with Crippen molar-refractivity contribution in [2.75, 3.05) is 31.6 Å². The lowest BCUT2D eigenvalue weighted by molar-refractivity contribution is 0.0695. The van der Waals surface area contributed by atoms with Gasteiger partial charge in [0, 0.05) is 50.2 Å². The van der Waals surface area contributed by atoms with Gasteiger partial charge in [-0.3, -0.25) is 9.69 Å². The molecule has 0 spiro atoms. The molecule has 0 amide bonds. The SMILES string of the molecule is CCn1cc(C(=O)O)c(=O)c2cc(F)c(N3CCN(C)C(c4ccn(S(=O)(=O)c5ccccc5)c4)C3)cc21. The summed E-state index contributed by atoms with van der Waals surface area (Å²) in [4.78, 5) is 28.4. The van der Waals surface area contributed by atoms with Gasteiger partial charge in [-0.15, -0.1) is 0 Å². The predicted molar refractivity (Wildman–Crippen MR) is 142 cm³/mol. The van der Waals surface area contributed by atoms with Crippen LogP contribution in [0.1, 0.15) is 28.9 Å². The summed E-state index contributed by atoms with van der Waals surface area (Å²) in [6.45, 7) is 3.71. The standard InChI is InChI=1S/C27H27FN4O5S/c1-3-30-16-21(27(34)35)26(33)20-13-22(28)24(14-23(20)30)31-12-11-29(2)25(17-31)18-9-10-32(15-18)38(36,37)19-7-5-4-6-8-19/h4-10,13-16,25H,3,11-12,17H2,1-2H3,(H,34,35). The van der Waals surface area contributed by atoms with Gasteiger partial charge < -0.3 is 14.6 Å². The minimum atomic E-state index is -3.74. The van der Waals surface area contributed by atoms with Gasteiger partial charge in [-0.1, -0.05) is 18.2 Å². The molecule has 11 heteroatoms. The molecule has 4 aromatic rings.